The van der Waals surface area contributed by atoms with Gasteiger partial charge in [-0.25, -0.2) is 0 Å². The number of rotatable bonds is 9. The van der Waals surface area contributed by atoms with E-state index >= 15 is 0 Å². The maximum Gasteiger partial charge on any atom is 0.244 e. The quantitative estimate of drug-likeness (QED) is 0.418. The maximum atomic E-state index is 12.4. The molecule has 1 aliphatic heterocycles. The van der Waals surface area contributed by atoms with Crippen LogP contribution in [0.15, 0.2) is 72.9 Å². The minimum Gasteiger partial charge on any atom is -0.506 e. The first-order chi connectivity index (χ1) is 17.9. The number of amides is 1. The number of aryl methyl sites for hydroxylation is 1. The summed E-state index contributed by atoms with van der Waals surface area (Å²) in [6.07, 6.45) is 5.58. The van der Waals surface area contributed by atoms with Gasteiger partial charge in [-0.2, -0.15) is 0 Å². The van der Waals surface area contributed by atoms with Crippen molar-refractivity contribution in [3.8, 4) is 5.75 Å². The van der Waals surface area contributed by atoms with Crippen LogP contribution in [0.3, 0.4) is 0 Å². The lowest BCUT2D eigenvalue weighted by Crippen LogP contribution is -2.51. The van der Waals surface area contributed by atoms with Gasteiger partial charge in [0.15, 0.2) is 0 Å². The van der Waals surface area contributed by atoms with E-state index in [1.54, 1.807) is 6.08 Å². The fourth-order valence-electron chi connectivity index (χ4n) is 5.11. The van der Waals surface area contributed by atoms with Crippen molar-refractivity contribution in [2.24, 2.45) is 0 Å². The van der Waals surface area contributed by atoms with Gasteiger partial charge in [0, 0.05) is 61.7 Å². The molecule has 1 fully saturated rings. The number of nitrogens with zero attached hydrogens (tertiary/aromatic N) is 3. The summed E-state index contributed by atoms with van der Waals surface area (Å²) in [5, 5.41) is 12.9. The van der Waals surface area contributed by atoms with Crippen LogP contribution in [0.1, 0.15) is 47.3 Å². The molecule has 2 N–H and O–H groups in total. The lowest BCUT2D eigenvalue weighted by Gasteiger charge is -2.42. The van der Waals surface area contributed by atoms with Crippen LogP contribution in [0, 0.1) is 13.8 Å². The van der Waals surface area contributed by atoms with E-state index in [-0.39, 0.29) is 17.7 Å². The molecule has 0 saturated carbocycles. The molecule has 194 valence electrons. The van der Waals surface area contributed by atoms with Crippen molar-refractivity contribution in [1.82, 2.24) is 20.1 Å². The molecule has 6 heteroatoms. The molecule has 1 aliphatic rings. The van der Waals surface area contributed by atoms with Gasteiger partial charge >= 0.3 is 0 Å². The number of piperazine rings is 1. The van der Waals surface area contributed by atoms with E-state index in [0.717, 1.165) is 49.4 Å². The van der Waals surface area contributed by atoms with Crippen molar-refractivity contribution in [2.45, 2.75) is 39.3 Å². The van der Waals surface area contributed by atoms with E-state index in [0.29, 0.717) is 12.6 Å². The summed E-state index contributed by atoms with van der Waals surface area (Å²) < 4.78 is 0. The van der Waals surface area contributed by atoms with Gasteiger partial charge in [0.1, 0.15) is 5.75 Å². The minimum absolute atomic E-state index is 0.132. The van der Waals surface area contributed by atoms with Crippen LogP contribution < -0.4 is 5.32 Å². The smallest absolute Gasteiger partial charge is 0.244 e. The summed E-state index contributed by atoms with van der Waals surface area (Å²) in [4.78, 5) is 21.6. The molecule has 4 rings (SSSR count). The van der Waals surface area contributed by atoms with Crippen molar-refractivity contribution < 1.29 is 9.90 Å². The lowest BCUT2D eigenvalue weighted by atomic mass is 9.96. The van der Waals surface area contributed by atoms with Crippen molar-refractivity contribution >= 4 is 12.0 Å². The van der Waals surface area contributed by atoms with Gasteiger partial charge < -0.3 is 10.4 Å². The summed E-state index contributed by atoms with van der Waals surface area (Å²) in [7, 11) is 0. The van der Waals surface area contributed by atoms with E-state index in [4.69, 9.17) is 0 Å². The second-order valence-electron chi connectivity index (χ2n) is 9.83. The predicted octanol–water partition coefficient (Wildman–Crippen LogP) is 4.72. The fraction of sp³-hybridized carbons (Fsp3) is 0.355. The van der Waals surface area contributed by atoms with Crippen LogP contribution in [0.25, 0.3) is 6.08 Å². The average molecular weight is 499 g/mol. The Morgan fingerprint density at radius 1 is 0.973 bits per heavy atom. The highest BCUT2D eigenvalue weighted by Crippen LogP contribution is 2.29. The van der Waals surface area contributed by atoms with Crippen molar-refractivity contribution in [2.75, 3.05) is 32.7 Å². The molecule has 0 aliphatic carbocycles. The minimum atomic E-state index is -0.132. The van der Waals surface area contributed by atoms with E-state index in [1.807, 2.05) is 13.8 Å². The molecular formula is C31H38N4O2. The van der Waals surface area contributed by atoms with Crippen LogP contribution >= 0.6 is 0 Å². The summed E-state index contributed by atoms with van der Waals surface area (Å²) >= 11 is 0. The number of carbonyl (C=O) groups is 1. The standard InChI is InChI=1S/C31H38N4O2/c1-23(16-17-32-30(37)15-14-28-24(2)29(36)22-33-25(28)3)34-18-20-35(21-19-34)31(26-10-6-4-7-11-26)27-12-8-5-9-13-27/h4-15,22-23,31,36H,16-21H2,1-3H3,(H,32,37). The third kappa shape index (κ3) is 6.85. The number of aromatic nitrogens is 1. The summed E-state index contributed by atoms with van der Waals surface area (Å²) in [6.45, 7) is 10.6. The Bertz CT molecular complexity index is 1150. The van der Waals surface area contributed by atoms with E-state index in [2.05, 4.69) is 87.7 Å². The molecule has 0 bridgehead atoms. The van der Waals surface area contributed by atoms with Crippen LogP contribution in [0.4, 0.5) is 0 Å². The largest absolute Gasteiger partial charge is 0.506 e. The Morgan fingerprint density at radius 2 is 1.54 bits per heavy atom. The zero-order valence-corrected chi connectivity index (χ0v) is 22.1. The van der Waals surface area contributed by atoms with Gasteiger partial charge in [0.25, 0.3) is 0 Å². The van der Waals surface area contributed by atoms with Crippen LogP contribution in [0.2, 0.25) is 0 Å². The Hall–Kier alpha value is -3.48. The third-order valence-corrected chi connectivity index (χ3v) is 7.39. The van der Waals surface area contributed by atoms with E-state index in [9.17, 15) is 9.90 Å². The average Bonchev–Trinajstić information content (AvgIpc) is 2.92. The normalized spacial score (nSPS) is 15.8. The van der Waals surface area contributed by atoms with Crippen LogP contribution in [-0.4, -0.2) is 64.6 Å². The molecule has 1 unspecified atom stereocenters. The molecular weight excluding hydrogens is 460 g/mol. The van der Waals surface area contributed by atoms with Gasteiger partial charge in [-0.3, -0.25) is 19.6 Å². The first-order valence-corrected chi connectivity index (χ1v) is 13.1. The zero-order valence-electron chi connectivity index (χ0n) is 22.1. The van der Waals surface area contributed by atoms with Crippen LogP contribution in [-0.2, 0) is 4.79 Å². The lowest BCUT2D eigenvalue weighted by molar-refractivity contribution is -0.116. The number of pyridine rings is 1. The molecule has 0 spiro atoms. The Labute approximate surface area is 220 Å². The molecule has 6 nitrogen and oxygen atoms in total. The van der Waals surface area contributed by atoms with Crippen molar-refractivity contribution in [1.29, 1.82) is 0 Å². The highest BCUT2D eigenvalue weighted by Gasteiger charge is 2.27. The highest BCUT2D eigenvalue weighted by molar-refractivity contribution is 5.92. The van der Waals surface area contributed by atoms with Gasteiger partial charge in [-0.05, 0) is 44.4 Å². The summed E-state index contributed by atoms with van der Waals surface area (Å²) in [5.41, 5.74) is 4.96. The van der Waals surface area contributed by atoms with E-state index < -0.39 is 0 Å². The summed E-state index contributed by atoms with van der Waals surface area (Å²) in [6, 6.07) is 22.2. The molecule has 1 aromatic heterocycles. The number of benzene rings is 2. The summed E-state index contributed by atoms with van der Waals surface area (Å²) in [5.74, 6) is 0.00571. The zero-order chi connectivity index (χ0) is 26.2. The second-order valence-corrected chi connectivity index (χ2v) is 9.83. The molecule has 0 radical (unpaired) electrons. The second kappa shape index (κ2) is 12.7. The number of hydrogen-bond donors (Lipinski definition) is 2. The SMILES string of the molecule is Cc1ncc(O)c(C)c1C=CC(=O)NCCC(C)N1CCN(C(c2ccccc2)c2ccccc2)CC1. The monoisotopic (exact) mass is 498 g/mol. The maximum absolute atomic E-state index is 12.4. The van der Waals surface area contributed by atoms with Gasteiger partial charge in [0.05, 0.1) is 12.2 Å². The Kier molecular flexibility index (Phi) is 9.09. The van der Waals surface area contributed by atoms with E-state index in [1.165, 1.54) is 23.4 Å². The molecule has 2 aromatic carbocycles. The first kappa shape index (κ1) is 26.6. The van der Waals surface area contributed by atoms with Crippen molar-refractivity contribution in [3.63, 3.8) is 0 Å². The first-order valence-electron chi connectivity index (χ1n) is 13.1. The van der Waals surface area contributed by atoms with Crippen LogP contribution in [0.5, 0.6) is 5.75 Å². The predicted molar refractivity (Wildman–Crippen MR) is 149 cm³/mol. The Morgan fingerprint density at radius 3 is 2.14 bits per heavy atom. The van der Waals surface area contributed by atoms with Crippen molar-refractivity contribution in [3.05, 3.63) is 101 Å². The third-order valence-electron chi connectivity index (χ3n) is 7.39. The van der Waals surface area contributed by atoms with Gasteiger partial charge in [-0.15, -0.1) is 0 Å². The number of aromatic hydroxyl groups is 1. The van der Waals surface area contributed by atoms with Gasteiger partial charge in [-0.1, -0.05) is 60.7 Å². The van der Waals surface area contributed by atoms with Gasteiger partial charge in [0.2, 0.25) is 5.91 Å². The number of hydrogen-bond acceptors (Lipinski definition) is 5. The topological polar surface area (TPSA) is 68.7 Å². The molecule has 3 aromatic rings. The molecule has 1 amide bonds. The molecule has 2 heterocycles. The molecule has 37 heavy (non-hydrogen) atoms. The Balaban J connectivity index is 1.27. The number of nitrogens with one attached hydrogen (secondary N) is 1. The highest BCUT2D eigenvalue weighted by atomic mass is 16.3. The molecule has 1 saturated heterocycles. The number of carbonyl (C=O) groups excluding carboxylic acids is 1. The molecule has 1 atom stereocenters. The fourth-order valence-corrected chi connectivity index (χ4v) is 5.11.